The van der Waals surface area contributed by atoms with Crippen LogP contribution in [0.25, 0.3) is 0 Å². The normalized spacial score (nSPS) is 12.2. The first-order chi connectivity index (χ1) is 11.6. The van der Waals surface area contributed by atoms with Crippen LogP contribution in [-0.4, -0.2) is 19.2 Å². The van der Waals surface area contributed by atoms with Gasteiger partial charge in [0.1, 0.15) is 12.6 Å². The molecule has 1 unspecified atom stereocenters. The van der Waals surface area contributed by atoms with E-state index in [4.69, 9.17) is 9.53 Å². The molecule has 0 aromatic heterocycles. The van der Waals surface area contributed by atoms with Gasteiger partial charge in [-0.25, -0.2) is 0 Å². The molecule has 0 amide bonds. The van der Waals surface area contributed by atoms with E-state index in [-0.39, 0.29) is 5.78 Å². The van der Waals surface area contributed by atoms with Gasteiger partial charge in [-0.1, -0.05) is 48.9 Å². The van der Waals surface area contributed by atoms with E-state index < -0.39 is 0 Å². The van der Waals surface area contributed by atoms with Gasteiger partial charge >= 0.3 is 0 Å². The summed E-state index contributed by atoms with van der Waals surface area (Å²) < 4.78 is 5.78. The lowest BCUT2D eigenvalue weighted by atomic mass is 10.0. The predicted octanol–water partition coefficient (Wildman–Crippen LogP) is 5.14. The Morgan fingerprint density at radius 1 is 1.17 bits per heavy atom. The maximum absolute atomic E-state index is 10.9. The van der Waals surface area contributed by atoms with E-state index in [0.717, 1.165) is 19.4 Å². The molecule has 1 rings (SSSR count). The zero-order valence-electron chi connectivity index (χ0n) is 15.4. The SMILES string of the molecule is C=O.CC(=O)CCC=C(C)CCCC(C)COCc1ccccc1. The number of hydrogen-bond acceptors (Lipinski definition) is 3. The molecule has 0 heterocycles. The lowest BCUT2D eigenvalue weighted by Gasteiger charge is -2.12. The zero-order chi connectivity index (χ0) is 18.2. The minimum atomic E-state index is 0.272. The van der Waals surface area contributed by atoms with E-state index in [1.54, 1.807) is 6.92 Å². The molecule has 0 aliphatic rings. The molecular weight excluding hydrogens is 300 g/mol. The van der Waals surface area contributed by atoms with Gasteiger partial charge < -0.3 is 14.3 Å². The summed E-state index contributed by atoms with van der Waals surface area (Å²) in [5, 5.41) is 0. The van der Waals surface area contributed by atoms with Crippen LogP contribution in [0.1, 0.15) is 58.4 Å². The summed E-state index contributed by atoms with van der Waals surface area (Å²) in [6.07, 6.45) is 7.27. The minimum absolute atomic E-state index is 0.272. The lowest BCUT2D eigenvalue weighted by molar-refractivity contribution is -0.116. The molecule has 1 aromatic rings. The van der Waals surface area contributed by atoms with Gasteiger partial charge in [0.05, 0.1) is 6.61 Å². The summed E-state index contributed by atoms with van der Waals surface area (Å²) in [7, 11) is 0. The lowest BCUT2D eigenvalue weighted by Crippen LogP contribution is -2.06. The summed E-state index contributed by atoms with van der Waals surface area (Å²) in [4.78, 5) is 18.9. The molecule has 3 heteroatoms. The summed E-state index contributed by atoms with van der Waals surface area (Å²) in [5.41, 5.74) is 2.64. The first-order valence-electron chi connectivity index (χ1n) is 8.63. The van der Waals surface area contributed by atoms with Crippen molar-refractivity contribution < 1.29 is 14.3 Å². The average molecular weight is 332 g/mol. The van der Waals surface area contributed by atoms with Crippen LogP contribution in [0.2, 0.25) is 0 Å². The van der Waals surface area contributed by atoms with Crippen LogP contribution in [0.3, 0.4) is 0 Å². The van der Waals surface area contributed by atoms with E-state index in [1.807, 2.05) is 25.0 Å². The van der Waals surface area contributed by atoms with Crippen molar-refractivity contribution in [1.82, 2.24) is 0 Å². The van der Waals surface area contributed by atoms with Crippen molar-refractivity contribution in [3.8, 4) is 0 Å². The van der Waals surface area contributed by atoms with E-state index in [0.29, 0.717) is 18.9 Å². The van der Waals surface area contributed by atoms with Gasteiger partial charge in [-0.3, -0.25) is 0 Å². The number of rotatable bonds is 11. The van der Waals surface area contributed by atoms with Gasteiger partial charge in [0.25, 0.3) is 0 Å². The summed E-state index contributed by atoms with van der Waals surface area (Å²) in [5.74, 6) is 0.863. The van der Waals surface area contributed by atoms with Crippen molar-refractivity contribution in [3.05, 3.63) is 47.5 Å². The van der Waals surface area contributed by atoms with Crippen LogP contribution in [-0.2, 0) is 20.9 Å². The molecule has 0 N–H and O–H groups in total. The van der Waals surface area contributed by atoms with E-state index >= 15 is 0 Å². The minimum Gasteiger partial charge on any atom is -0.376 e. The van der Waals surface area contributed by atoms with Crippen LogP contribution in [0.15, 0.2) is 42.0 Å². The van der Waals surface area contributed by atoms with Crippen LogP contribution >= 0.6 is 0 Å². The molecule has 0 spiro atoms. The van der Waals surface area contributed by atoms with Crippen LogP contribution in [0, 0.1) is 5.92 Å². The molecule has 0 saturated heterocycles. The Kier molecular flexibility index (Phi) is 13.8. The van der Waals surface area contributed by atoms with Crippen molar-refractivity contribution >= 4 is 12.6 Å². The van der Waals surface area contributed by atoms with E-state index in [9.17, 15) is 4.79 Å². The second-order valence-corrected chi connectivity index (χ2v) is 6.29. The second-order valence-electron chi connectivity index (χ2n) is 6.29. The monoisotopic (exact) mass is 332 g/mol. The Bertz CT molecular complexity index is 465. The first kappa shape index (κ1) is 22.3. The molecule has 0 saturated carbocycles. The van der Waals surface area contributed by atoms with Crippen molar-refractivity contribution in [2.75, 3.05) is 6.61 Å². The number of ketones is 1. The number of allylic oxidation sites excluding steroid dienone is 2. The van der Waals surface area contributed by atoms with E-state index in [2.05, 4.69) is 32.1 Å². The third-order valence-corrected chi connectivity index (χ3v) is 3.77. The van der Waals surface area contributed by atoms with Gasteiger partial charge in [-0.05, 0) is 51.0 Å². The van der Waals surface area contributed by atoms with Gasteiger partial charge in [0.2, 0.25) is 0 Å². The molecule has 0 aliphatic heterocycles. The molecule has 3 nitrogen and oxygen atoms in total. The van der Waals surface area contributed by atoms with E-state index in [1.165, 1.54) is 24.0 Å². The van der Waals surface area contributed by atoms with Crippen LogP contribution < -0.4 is 0 Å². The number of carbonyl (C=O) groups excluding carboxylic acids is 2. The Hall–Kier alpha value is -1.74. The molecule has 134 valence electrons. The highest BCUT2D eigenvalue weighted by atomic mass is 16.5. The van der Waals surface area contributed by atoms with Crippen molar-refractivity contribution in [3.63, 3.8) is 0 Å². The van der Waals surface area contributed by atoms with Gasteiger partial charge in [0.15, 0.2) is 0 Å². The molecule has 0 fully saturated rings. The maximum atomic E-state index is 10.9. The van der Waals surface area contributed by atoms with Gasteiger partial charge in [0, 0.05) is 13.0 Å². The highest BCUT2D eigenvalue weighted by Crippen LogP contribution is 2.14. The van der Waals surface area contributed by atoms with Crippen molar-refractivity contribution in [1.29, 1.82) is 0 Å². The first-order valence-corrected chi connectivity index (χ1v) is 8.63. The summed E-state index contributed by atoms with van der Waals surface area (Å²) in [6.45, 7) is 9.59. The third-order valence-electron chi connectivity index (χ3n) is 3.77. The fraction of sp³-hybridized carbons (Fsp3) is 0.524. The zero-order valence-corrected chi connectivity index (χ0v) is 15.4. The topological polar surface area (TPSA) is 43.4 Å². The number of ether oxygens (including phenoxy) is 1. The molecule has 24 heavy (non-hydrogen) atoms. The second kappa shape index (κ2) is 14.8. The van der Waals surface area contributed by atoms with Crippen molar-refractivity contribution in [2.24, 2.45) is 5.92 Å². The number of hydrogen-bond donors (Lipinski definition) is 0. The van der Waals surface area contributed by atoms with Gasteiger partial charge in [-0.2, -0.15) is 0 Å². The quantitative estimate of drug-likeness (QED) is 0.527. The largest absolute Gasteiger partial charge is 0.376 e. The molecule has 0 bridgehead atoms. The smallest absolute Gasteiger partial charge is 0.130 e. The number of Topliss-reactive ketones (excluding diaryl/α,β-unsaturated/α-hetero) is 1. The molecule has 0 aliphatic carbocycles. The predicted molar refractivity (Wildman–Crippen MR) is 99.9 cm³/mol. The number of benzene rings is 1. The summed E-state index contributed by atoms with van der Waals surface area (Å²) >= 11 is 0. The Morgan fingerprint density at radius 2 is 1.83 bits per heavy atom. The van der Waals surface area contributed by atoms with Crippen molar-refractivity contribution in [2.45, 2.75) is 59.5 Å². The van der Waals surface area contributed by atoms with Gasteiger partial charge in [-0.15, -0.1) is 0 Å². The Morgan fingerprint density at radius 3 is 2.46 bits per heavy atom. The number of carbonyl (C=O) groups is 2. The molecular formula is C21H32O3. The standard InChI is InChI=1S/C20H30O2.CH2O/c1-17(10-8-12-19(3)21)9-7-11-18(2)15-22-16-20-13-5-4-6-14-20;1-2/h4-6,10,13-14,18H,7-9,11-12,15-16H2,1-3H3;1H2. The Balaban J connectivity index is 0.00000254. The molecule has 1 atom stereocenters. The highest BCUT2D eigenvalue weighted by molar-refractivity contribution is 5.75. The Labute approximate surface area is 147 Å². The highest BCUT2D eigenvalue weighted by Gasteiger charge is 2.03. The fourth-order valence-corrected chi connectivity index (χ4v) is 2.39. The maximum Gasteiger partial charge on any atom is 0.130 e. The third kappa shape index (κ3) is 12.8. The van der Waals surface area contributed by atoms with Crippen LogP contribution in [0.4, 0.5) is 0 Å². The van der Waals surface area contributed by atoms with Crippen LogP contribution in [0.5, 0.6) is 0 Å². The fourth-order valence-electron chi connectivity index (χ4n) is 2.39. The molecule has 0 radical (unpaired) electrons. The average Bonchev–Trinajstić information content (AvgIpc) is 2.57. The summed E-state index contributed by atoms with van der Waals surface area (Å²) in [6, 6.07) is 10.3. The molecule has 1 aromatic carbocycles.